The molecule has 0 radical (unpaired) electrons. The molecule has 0 unspecified atom stereocenters. The number of ether oxygens (including phenoxy) is 3. The van der Waals surface area contributed by atoms with Gasteiger partial charge in [0.1, 0.15) is 0 Å². The molecule has 1 heterocycles. The number of methoxy groups -OCH3 is 3. The normalized spacial score (nSPS) is 10.2. The topological polar surface area (TPSA) is 65.5 Å². The molecule has 0 amide bonds. The van der Waals surface area contributed by atoms with Crippen molar-refractivity contribution in [2.45, 2.75) is 13.2 Å². The van der Waals surface area contributed by atoms with Crippen LogP contribution >= 0.6 is 0 Å². The van der Waals surface area contributed by atoms with Crippen molar-refractivity contribution >= 4 is 5.95 Å². The quantitative estimate of drug-likeness (QED) is 0.843. The molecular weight excluding hydrogens is 270 g/mol. The summed E-state index contributed by atoms with van der Waals surface area (Å²) in [4.78, 5) is 8.47. The highest BCUT2D eigenvalue weighted by atomic mass is 16.5. The molecule has 0 bridgehead atoms. The molecule has 21 heavy (non-hydrogen) atoms. The lowest BCUT2D eigenvalue weighted by molar-refractivity contribution is 0.184. The molecule has 0 aliphatic carbocycles. The third-order valence-corrected chi connectivity index (χ3v) is 2.95. The van der Waals surface area contributed by atoms with E-state index in [0.29, 0.717) is 30.9 Å². The third kappa shape index (κ3) is 4.06. The highest BCUT2D eigenvalue weighted by Crippen LogP contribution is 2.18. The van der Waals surface area contributed by atoms with E-state index >= 15 is 0 Å². The van der Waals surface area contributed by atoms with Crippen LogP contribution in [0.5, 0.6) is 11.8 Å². The largest absolute Gasteiger partial charge is 0.481 e. The van der Waals surface area contributed by atoms with Crippen molar-refractivity contribution in [1.29, 1.82) is 0 Å². The second kappa shape index (κ2) is 7.44. The molecule has 0 fully saturated rings. The monoisotopic (exact) mass is 289 g/mol. The van der Waals surface area contributed by atoms with Crippen LogP contribution in [0.1, 0.15) is 11.1 Å². The average molecular weight is 289 g/mol. The number of anilines is 1. The Balaban J connectivity index is 2.12. The fraction of sp³-hybridized carbons (Fsp3) is 0.333. The number of nitrogens with one attached hydrogen (secondary N) is 1. The standard InChI is InChI=1S/C15H19N3O3/c1-19-10-12-7-5-4-6-11(12)9-16-15-17-13(20-2)8-14(18-15)21-3/h4-8H,9-10H2,1-3H3,(H,16,17,18). The van der Waals surface area contributed by atoms with E-state index in [2.05, 4.69) is 15.3 Å². The first kappa shape index (κ1) is 15.1. The average Bonchev–Trinajstić information content (AvgIpc) is 2.54. The molecule has 0 spiro atoms. The summed E-state index contributed by atoms with van der Waals surface area (Å²) in [6.07, 6.45) is 0. The molecule has 0 saturated carbocycles. The second-order valence-electron chi connectivity index (χ2n) is 4.33. The van der Waals surface area contributed by atoms with Gasteiger partial charge in [0.2, 0.25) is 17.7 Å². The lowest BCUT2D eigenvalue weighted by atomic mass is 10.1. The Hall–Kier alpha value is -2.34. The van der Waals surface area contributed by atoms with Gasteiger partial charge in [-0.2, -0.15) is 9.97 Å². The molecule has 6 nitrogen and oxygen atoms in total. The molecule has 112 valence electrons. The van der Waals surface area contributed by atoms with E-state index in [4.69, 9.17) is 14.2 Å². The first-order valence-corrected chi connectivity index (χ1v) is 6.53. The molecular formula is C15H19N3O3. The van der Waals surface area contributed by atoms with Gasteiger partial charge in [-0.15, -0.1) is 0 Å². The van der Waals surface area contributed by atoms with Crippen molar-refractivity contribution in [3.63, 3.8) is 0 Å². The number of hydrogen-bond acceptors (Lipinski definition) is 6. The Labute approximate surface area is 124 Å². The van der Waals surface area contributed by atoms with E-state index in [1.807, 2.05) is 24.3 Å². The SMILES string of the molecule is COCc1ccccc1CNc1nc(OC)cc(OC)n1. The van der Waals surface area contributed by atoms with E-state index in [9.17, 15) is 0 Å². The van der Waals surface area contributed by atoms with Gasteiger partial charge in [-0.25, -0.2) is 0 Å². The van der Waals surface area contributed by atoms with E-state index < -0.39 is 0 Å². The molecule has 1 N–H and O–H groups in total. The molecule has 0 saturated heterocycles. The van der Waals surface area contributed by atoms with Crippen molar-refractivity contribution in [3.05, 3.63) is 41.5 Å². The molecule has 0 atom stereocenters. The molecule has 2 aromatic rings. The van der Waals surface area contributed by atoms with Crippen molar-refractivity contribution < 1.29 is 14.2 Å². The molecule has 2 rings (SSSR count). The van der Waals surface area contributed by atoms with Gasteiger partial charge >= 0.3 is 0 Å². The van der Waals surface area contributed by atoms with Crippen LogP contribution in [-0.4, -0.2) is 31.3 Å². The van der Waals surface area contributed by atoms with Gasteiger partial charge in [-0.1, -0.05) is 24.3 Å². The fourth-order valence-corrected chi connectivity index (χ4v) is 1.89. The number of rotatable bonds is 7. The highest BCUT2D eigenvalue weighted by Gasteiger charge is 2.06. The molecule has 0 aliphatic rings. The zero-order valence-corrected chi connectivity index (χ0v) is 12.4. The van der Waals surface area contributed by atoms with Crippen molar-refractivity contribution in [3.8, 4) is 11.8 Å². The summed E-state index contributed by atoms with van der Waals surface area (Å²) in [7, 11) is 4.79. The van der Waals surface area contributed by atoms with E-state index in [1.54, 1.807) is 27.4 Å². The minimum atomic E-state index is 0.453. The van der Waals surface area contributed by atoms with Crippen LogP contribution in [0.3, 0.4) is 0 Å². The van der Waals surface area contributed by atoms with Crippen molar-refractivity contribution in [2.24, 2.45) is 0 Å². The third-order valence-electron chi connectivity index (χ3n) is 2.95. The minimum Gasteiger partial charge on any atom is -0.481 e. The maximum Gasteiger partial charge on any atom is 0.229 e. The van der Waals surface area contributed by atoms with Crippen molar-refractivity contribution in [1.82, 2.24) is 9.97 Å². The zero-order chi connectivity index (χ0) is 15.1. The first-order chi connectivity index (χ1) is 10.3. The van der Waals surface area contributed by atoms with Crippen LogP contribution in [0.25, 0.3) is 0 Å². The van der Waals surface area contributed by atoms with Crippen LogP contribution in [0, 0.1) is 0 Å². The number of hydrogen-bond donors (Lipinski definition) is 1. The Bertz CT molecular complexity index is 568. The first-order valence-electron chi connectivity index (χ1n) is 6.53. The van der Waals surface area contributed by atoms with Crippen LogP contribution in [0.15, 0.2) is 30.3 Å². The van der Waals surface area contributed by atoms with E-state index in [0.717, 1.165) is 11.1 Å². The smallest absolute Gasteiger partial charge is 0.229 e. The van der Waals surface area contributed by atoms with Gasteiger partial charge in [-0.3, -0.25) is 0 Å². The van der Waals surface area contributed by atoms with Gasteiger partial charge in [0, 0.05) is 13.7 Å². The van der Waals surface area contributed by atoms with Gasteiger partial charge < -0.3 is 19.5 Å². The lowest BCUT2D eigenvalue weighted by Gasteiger charge is -2.11. The molecule has 0 aliphatic heterocycles. The molecule has 1 aromatic carbocycles. The Kier molecular flexibility index (Phi) is 5.34. The van der Waals surface area contributed by atoms with Gasteiger partial charge in [0.25, 0.3) is 0 Å². The summed E-state index contributed by atoms with van der Waals surface area (Å²) in [5, 5.41) is 3.17. The van der Waals surface area contributed by atoms with Crippen LogP contribution in [0.4, 0.5) is 5.95 Å². The van der Waals surface area contributed by atoms with Gasteiger partial charge in [0.05, 0.1) is 26.9 Å². The fourth-order valence-electron chi connectivity index (χ4n) is 1.89. The van der Waals surface area contributed by atoms with Gasteiger partial charge in [0.15, 0.2) is 0 Å². The summed E-state index contributed by atoms with van der Waals surface area (Å²) < 4.78 is 15.4. The minimum absolute atomic E-state index is 0.453. The van der Waals surface area contributed by atoms with Crippen LogP contribution in [0.2, 0.25) is 0 Å². The maximum atomic E-state index is 5.19. The predicted octanol–water partition coefficient (Wildman–Crippen LogP) is 2.25. The Morgan fingerprint density at radius 3 is 2.14 bits per heavy atom. The highest BCUT2D eigenvalue weighted by molar-refractivity contribution is 5.36. The Morgan fingerprint density at radius 2 is 1.57 bits per heavy atom. The summed E-state index contributed by atoms with van der Waals surface area (Å²) in [5.74, 6) is 1.36. The van der Waals surface area contributed by atoms with Crippen LogP contribution in [-0.2, 0) is 17.9 Å². The number of benzene rings is 1. The second-order valence-corrected chi connectivity index (χ2v) is 4.33. The van der Waals surface area contributed by atoms with Crippen molar-refractivity contribution in [2.75, 3.05) is 26.6 Å². The predicted molar refractivity (Wildman–Crippen MR) is 79.6 cm³/mol. The lowest BCUT2D eigenvalue weighted by Crippen LogP contribution is -2.07. The number of nitrogens with zero attached hydrogens (tertiary/aromatic N) is 2. The summed E-state index contributed by atoms with van der Waals surface area (Å²) >= 11 is 0. The zero-order valence-electron chi connectivity index (χ0n) is 12.4. The Morgan fingerprint density at radius 1 is 0.952 bits per heavy atom. The summed E-state index contributed by atoms with van der Waals surface area (Å²) in [5.41, 5.74) is 2.26. The molecule has 6 heteroatoms. The van der Waals surface area contributed by atoms with Crippen LogP contribution < -0.4 is 14.8 Å². The summed E-state index contributed by atoms with van der Waals surface area (Å²) in [6.45, 7) is 1.16. The summed E-state index contributed by atoms with van der Waals surface area (Å²) in [6, 6.07) is 9.68. The number of aromatic nitrogens is 2. The van der Waals surface area contributed by atoms with E-state index in [-0.39, 0.29) is 0 Å². The maximum absolute atomic E-state index is 5.19. The molecule has 1 aromatic heterocycles. The van der Waals surface area contributed by atoms with E-state index in [1.165, 1.54) is 0 Å². The van der Waals surface area contributed by atoms with Gasteiger partial charge in [-0.05, 0) is 11.1 Å².